The van der Waals surface area contributed by atoms with Crippen LogP contribution in [-0.4, -0.2) is 50.7 Å². The third kappa shape index (κ3) is 5.76. The zero-order valence-corrected chi connectivity index (χ0v) is 14.6. The van der Waals surface area contributed by atoms with Crippen LogP contribution in [0, 0.1) is 0 Å². The molecule has 1 aliphatic rings. The summed E-state index contributed by atoms with van der Waals surface area (Å²) in [6.07, 6.45) is 3.00. The second-order valence-corrected chi connectivity index (χ2v) is 7.95. The fourth-order valence-corrected chi connectivity index (χ4v) is 3.28. The summed E-state index contributed by atoms with van der Waals surface area (Å²) in [4.78, 5) is 12.0. The van der Waals surface area contributed by atoms with Crippen LogP contribution in [0.4, 0.5) is 0 Å². The molecule has 1 N–H and O–H groups in total. The molecule has 0 aliphatic carbocycles. The van der Waals surface area contributed by atoms with Gasteiger partial charge in [0.2, 0.25) is 15.9 Å². The number of hydrogen-bond donors (Lipinski definition) is 1. The molecule has 2 rings (SSSR count). The van der Waals surface area contributed by atoms with E-state index in [-0.39, 0.29) is 25.1 Å². The molecule has 1 atom stereocenters. The fourth-order valence-electron chi connectivity index (χ4n) is 2.36. The van der Waals surface area contributed by atoms with Crippen molar-refractivity contribution in [2.24, 2.45) is 0 Å². The second-order valence-electron chi connectivity index (χ2n) is 5.56. The summed E-state index contributed by atoms with van der Waals surface area (Å²) >= 11 is 6.06. The SMILES string of the molecule is CS(=O)(=O)N(CC(=O)NCC1CCCO1)Cc1ccccc1Cl. The number of carbonyl (C=O) groups excluding carboxylic acids is 1. The normalized spacial score (nSPS) is 18.3. The van der Waals surface area contributed by atoms with Crippen LogP contribution in [0.15, 0.2) is 24.3 Å². The number of halogens is 1. The van der Waals surface area contributed by atoms with Crippen molar-refractivity contribution in [2.45, 2.75) is 25.5 Å². The maximum Gasteiger partial charge on any atom is 0.235 e. The second kappa shape index (κ2) is 8.10. The summed E-state index contributed by atoms with van der Waals surface area (Å²) in [7, 11) is -3.53. The Kier molecular flexibility index (Phi) is 6.41. The van der Waals surface area contributed by atoms with E-state index in [9.17, 15) is 13.2 Å². The highest BCUT2D eigenvalue weighted by atomic mass is 35.5. The van der Waals surface area contributed by atoms with E-state index in [1.54, 1.807) is 24.3 Å². The maximum atomic E-state index is 12.0. The van der Waals surface area contributed by atoms with Crippen molar-refractivity contribution in [1.29, 1.82) is 0 Å². The summed E-state index contributed by atoms with van der Waals surface area (Å²) in [5, 5.41) is 3.20. The lowest BCUT2D eigenvalue weighted by Crippen LogP contribution is -2.42. The molecule has 8 heteroatoms. The smallest absolute Gasteiger partial charge is 0.235 e. The van der Waals surface area contributed by atoms with E-state index in [1.807, 2.05) is 0 Å². The Bertz CT molecular complexity index is 645. The van der Waals surface area contributed by atoms with Crippen molar-refractivity contribution in [2.75, 3.05) is 26.0 Å². The fraction of sp³-hybridized carbons (Fsp3) is 0.533. The van der Waals surface area contributed by atoms with E-state index in [0.29, 0.717) is 23.7 Å². The molecule has 0 radical (unpaired) electrons. The molecule has 1 aliphatic heterocycles. The average Bonchev–Trinajstić information content (AvgIpc) is 2.99. The molecule has 0 saturated carbocycles. The molecule has 1 unspecified atom stereocenters. The minimum Gasteiger partial charge on any atom is -0.376 e. The van der Waals surface area contributed by atoms with Gasteiger partial charge in [0.05, 0.1) is 18.9 Å². The lowest BCUT2D eigenvalue weighted by molar-refractivity contribution is -0.121. The Hall–Kier alpha value is -1.15. The summed E-state index contributed by atoms with van der Waals surface area (Å²) < 4.78 is 30.4. The zero-order valence-electron chi connectivity index (χ0n) is 13.0. The number of benzene rings is 1. The third-order valence-electron chi connectivity index (χ3n) is 3.64. The number of amides is 1. The zero-order chi connectivity index (χ0) is 16.9. The molecule has 0 spiro atoms. The summed E-state index contributed by atoms with van der Waals surface area (Å²) in [6, 6.07) is 6.98. The first-order valence-corrected chi connectivity index (χ1v) is 9.65. The number of sulfonamides is 1. The van der Waals surface area contributed by atoms with Crippen LogP contribution in [0.25, 0.3) is 0 Å². The maximum absolute atomic E-state index is 12.0. The van der Waals surface area contributed by atoms with Crippen LogP contribution < -0.4 is 5.32 Å². The Labute approximate surface area is 141 Å². The van der Waals surface area contributed by atoms with E-state index >= 15 is 0 Å². The number of ether oxygens (including phenoxy) is 1. The van der Waals surface area contributed by atoms with Crippen molar-refractivity contribution in [3.63, 3.8) is 0 Å². The summed E-state index contributed by atoms with van der Waals surface area (Å²) in [6.45, 7) is 0.938. The van der Waals surface area contributed by atoms with E-state index < -0.39 is 10.0 Å². The van der Waals surface area contributed by atoms with Gasteiger partial charge >= 0.3 is 0 Å². The summed E-state index contributed by atoms with van der Waals surface area (Å²) in [5.41, 5.74) is 0.659. The van der Waals surface area contributed by atoms with Crippen LogP contribution in [0.3, 0.4) is 0 Å². The van der Waals surface area contributed by atoms with Gasteiger partial charge in [-0.2, -0.15) is 4.31 Å². The van der Waals surface area contributed by atoms with Crippen LogP contribution in [0.2, 0.25) is 5.02 Å². The van der Waals surface area contributed by atoms with Crippen molar-refractivity contribution in [3.8, 4) is 0 Å². The Morgan fingerprint density at radius 1 is 1.43 bits per heavy atom. The molecule has 6 nitrogen and oxygen atoms in total. The quantitative estimate of drug-likeness (QED) is 0.797. The highest BCUT2D eigenvalue weighted by Gasteiger charge is 2.22. The predicted molar refractivity (Wildman–Crippen MR) is 88.7 cm³/mol. The highest BCUT2D eigenvalue weighted by molar-refractivity contribution is 7.88. The van der Waals surface area contributed by atoms with Crippen LogP contribution in [-0.2, 0) is 26.1 Å². The molecule has 1 aromatic rings. The van der Waals surface area contributed by atoms with Crippen molar-refractivity contribution >= 4 is 27.5 Å². The lowest BCUT2D eigenvalue weighted by atomic mass is 10.2. The number of nitrogens with zero attached hydrogens (tertiary/aromatic N) is 1. The predicted octanol–water partition coefficient (Wildman–Crippen LogP) is 1.40. The largest absolute Gasteiger partial charge is 0.376 e. The lowest BCUT2D eigenvalue weighted by Gasteiger charge is -2.20. The van der Waals surface area contributed by atoms with Crippen molar-refractivity contribution in [3.05, 3.63) is 34.9 Å². The Morgan fingerprint density at radius 3 is 2.78 bits per heavy atom. The van der Waals surface area contributed by atoms with E-state index in [1.165, 1.54) is 0 Å². The standard InChI is InChI=1S/C15H21ClN2O4S/c1-23(20,21)18(10-12-5-2-3-7-14(12)16)11-15(19)17-9-13-6-4-8-22-13/h2-3,5,7,13H,4,6,8-11H2,1H3,(H,17,19). The molecule has 128 valence electrons. The van der Waals surface area contributed by atoms with Gasteiger partial charge in [-0.25, -0.2) is 8.42 Å². The molecular weight excluding hydrogens is 340 g/mol. The van der Waals surface area contributed by atoms with Crippen molar-refractivity contribution < 1.29 is 17.9 Å². The van der Waals surface area contributed by atoms with E-state index in [4.69, 9.17) is 16.3 Å². The molecular formula is C15H21ClN2O4S. The van der Waals surface area contributed by atoms with Gasteiger partial charge in [-0.3, -0.25) is 4.79 Å². The molecule has 1 saturated heterocycles. The number of rotatable bonds is 7. The summed E-state index contributed by atoms with van der Waals surface area (Å²) in [5.74, 6) is -0.349. The highest BCUT2D eigenvalue weighted by Crippen LogP contribution is 2.18. The first kappa shape index (κ1) is 18.2. The Morgan fingerprint density at radius 2 is 2.17 bits per heavy atom. The molecule has 1 fully saturated rings. The van der Waals surface area contributed by atoms with Gasteiger partial charge in [-0.1, -0.05) is 29.8 Å². The van der Waals surface area contributed by atoms with E-state index in [2.05, 4.69) is 5.32 Å². The van der Waals surface area contributed by atoms with Gasteiger partial charge in [0.25, 0.3) is 0 Å². The van der Waals surface area contributed by atoms with Gasteiger partial charge in [-0.05, 0) is 24.5 Å². The van der Waals surface area contributed by atoms with Gasteiger partial charge in [0.15, 0.2) is 0 Å². The Balaban J connectivity index is 1.95. The van der Waals surface area contributed by atoms with Gasteiger partial charge in [-0.15, -0.1) is 0 Å². The molecule has 23 heavy (non-hydrogen) atoms. The van der Waals surface area contributed by atoms with Gasteiger partial charge < -0.3 is 10.1 Å². The van der Waals surface area contributed by atoms with Gasteiger partial charge in [0, 0.05) is 24.7 Å². The van der Waals surface area contributed by atoms with E-state index in [0.717, 1.165) is 23.4 Å². The van der Waals surface area contributed by atoms with Gasteiger partial charge in [0.1, 0.15) is 0 Å². The molecule has 1 aromatic carbocycles. The topological polar surface area (TPSA) is 75.7 Å². The monoisotopic (exact) mass is 360 g/mol. The average molecular weight is 361 g/mol. The first-order chi connectivity index (χ1) is 10.9. The minimum atomic E-state index is -3.53. The molecule has 1 heterocycles. The first-order valence-electron chi connectivity index (χ1n) is 7.43. The molecule has 0 bridgehead atoms. The van der Waals surface area contributed by atoms with Crippen LogP contribution in [0.5, 0.6) is 0 Å². The van der Waals surface area contributed by atoms with Crippen molar-refractivity contribution in [1.82, 2.24) is 9.62 Å². The molecule has 1 amide bonds. The van der Waals surface area contributed by atoms with Crippen LogP contribution >= 0.6 is 11.6 Å². The number of carbonyl (C=O) groups is 1. The minimum absolute atomic E-state index is 0.0224. The third-order valence-corrected chi connectivity index (χ3v) is 5.21. The number of hydrogen-bond acceptors (Lipinski definition) is 4. The molecule has 0 aromatic heterocycles. The number of nitrogens with one attached hydrogen (secondary N) is 1. The van der Waals surface area contributed by atoms with Crippen LogP contribution in [0.1, 0.15) is 18.4 Å².